The van der Waals surface area contributed by atoms with Crippen molar-refractivity contribution in [1.29, 1.82) is 0 Å². The van der Waals surface area contributed by atoms with Gasteiger partial charge in [0.2, 0.25) is 0 Å². The molecule has 1 aromatic carbocycles. The largest absolute Gasteiger partial charge is 0.320 e. The van der Waals surface area contributed by atoms with Gasteiger partial charge in [-0.15, -0.1) is 0 Å². The second-order valence-electron chi connectivity index (χ2n) is 5.11. The Morgan fingerprint density at radius 1 is 1.26 bits per heavy atom. The average Bonchev–Trinajstić information content (AvgIpc) is 2.36. The number of hydrogen-bond donors (Lipinski definition) is 1. The topological polar surface area (TPSA) is 29.3 Å². The van der Waals surface area contributed by atoms with Crippen molar-refractivity contribution in [2.24, 2.45) is 5.73 Å². The summed E-state index contributed by atoms with van der Waals surface area (Å²) in [7, 11) is 0. The van der Waals surface area contributed by atoms with Crippen LogP contribution in [0.1, 0.15) is 25.0 Å². The first-order valence-corrected chi connectivity index (χ1v) is 7.78. The van der Waals surface area contributed by atoms with Crippen LogP contribution in [0.4, 0.5) is 0 Å². The molecule has 0 radical (unpaired) electrons. The van der Waals surface area contributed by atoms with Gasteiger partial charge in [-0.3, -0.25) is 4.90 Å². The van der Waals surface area contributed by atoms with Crippen molar-refractivity contribution in [2.45, 2.75) is 30.9 Å². The minimum Gasteiger partial charge on any atom is -0.320 e. The van der Waals surface area contributed by atoms with Gasteiger partial charge >= 0.3 is 0 Å². The maximum Gasteiger partial charge on any atom is 0.0555 e. The number of nitrogens with zero attached hydrogens (tertiary/aromatic N) is 1. The fraction of sp³-hybridized carbons (Fsp3) is 0.500. The average molecular weight is 274 g/mol. The van der Waals surface area contributed by atoms with Crippen molar-refractivity contribution in [2.75, 3.05) is 19.6 Å². The zero-order valence-electron chi connectivity index (χ0n) is 11.7. The van der Waals surface area contributed by atoms with Gasteiger partial charge in [0.15, 0.2) is 0 Å². The van der Waals surface area contributed by atoms with Gasteiger partial charge < -0.3 is 5.73 Å². The second kappa shape index (κ2) is 7.00. The third-order valence-corrected chi connectivity index (χ3v) is 4.46. The summed E-state index contributed by atoms with van der Waals surface area (Å²) in [6.45, 7) is 8.36. The maximum atomic E-state index is 5.46. The van der Waals surface area contributed by atoms with E-state index in [2.05, 4.69) is 60.5 Å². The third kappa shape index (κ3) is 4.28. The molecule has 0 aliphatic carbocycles. The summed E-state index contributed by atoms with van der Waals surface area (Å²) in [5, 5.41) is 1.43. The van der Waals surface area contributed by atoms with Gasteiger partial charge in [-0.25, -0.2) is 0 Å². The molecule has 0 saturated carbocycles. The van der Waals surface area contributed by atoms with E-state index in [0.29, 0.717) is 17.0 Å². The number of thioether (sulfide) groups is 1. The van der Waals surface area contributed by atoms with Crippen LogP contribution in [0.25, 0.3) is 0 Å². The molecule has 2 atom stereocenters. The summed E-state index contributed by atoms with van der Waals surface area (Å²) < 4.78 is 0. The van der Waals surface area contributed by atoms with Crippen molar-refractivity contribution in [3.05, 3.63) is 35.4 Å². The van der Waals surface area contributed by atoms with Gasteiger partial charge in [-0.2, -0.15) is 11.8 Å². The van der Waals surface area contributed by atoms with Crippen molar-refractivity contribution in [3.63, 3.8) is 0 Å². The van der Waals surface area contributed by atoms with Gasteiger partial charge in [0.1, 0.15) is 0 Å². The lowest BCUT2D eigenvalue weighted by Gasteiger charge is -2.34. The molecule has 0 spiro atoms. The zero-order chi connectivity index (χ0) is 13.7. The Morgan fingerprint density at radius 3 is 2.63 bits per heavy atom. The Hall–Kier alpha value is -0.950. The molecule has 2 unspecified atom stereocenters. The molecule has 1 heterocycles. The summed E-state index contributed by atoms with van der Waals surface area (Å²) in [5.41, 5.74) is 7.89. The quantitative estimate of drug-likeness (QED) is 0.839. The molecular weight excluding hydrogens is 252 g/mol. The number of rotatable bonds is 2. The van der Waals surface area contributed by atoms with Crippen LogP contribution in [0.5, 0.6) is 0 Å². The number of hydrogen-bond acceptors (Lipinski definition) is 3. The molecule has 2 nitrogen and oxygen atoms in total. The minimum absolute atomic E-state index is 0.419. The molecule has 3 heteroatoms. The molecule has 1 aliphatic rings. The monoisotopic (exact) mass is 274 g/mol. The Balaban J connectivity index is 2.10. The van der Waals surface area contributed by atoms with E-state index in [1.807, 2.05) is 6.07 Å². The van der Waals surface area contributed by atoms with E-state index in [-0.39, 0.29) is 0 Å². The molecule has 102 valence electrons. The van der Waals surface area contributed by atoms with Gasteiger partial charge in [-0.1, -0.05) is 43.9 Å². The predicted molar refractivity (Wildman–Crippen MR) is 84.2 cm³/mol. The Bertz CT molecular complexity index is 465. The van der Waals surface area contributed by atoms with E-state index in [4.69, 9.17) is 5.73 Å². The summed E-state index contributed by atoms with van der Waals surface area (Å²) >= 11 is 2.09. The second-order valence-corrected chi connectivity index (χ2v) is 7.00. The molecule has 2 rings (SSSR count). The predicted octanol–water partition coefficient (Wildman–Crippen LogP) is 2.32. The fourth-order valence-corrected chi connectivity index (χ4v) is 3.97. The van der Waals surface area contributed by atoms with Crippen molar-refractivity contribution < 1.29 is 0 Å². The molecule has 1 aromatic rings. The van der Waals surface area contributed by atoms with E-state index in [1.54, 1.807) is 0 Å². The lowest BCUT2D eigenvalue weighted by Crippen LogP contribution is -2.39. The normalized spacial score (nSPS) is 23.7. The summed E-state index contributed by atoms with van der Waals surface area (Å²) in [6, 6.07) is 8.40. The van der Waals surface area contributed by atoms with Crippen molar-refractivity contribution >= 4 is 11.8 Å². The van der Waals surface area contributed by atoms with Crippen LogP contribution in [-0.4, -0.2) is 35.0 Å². The first kappa shape index (κ1) is 14.5. The van der Waals surface area contributed by atoms with Crippen LogP contribution >= 0.6 is 11.8 Å². The van der Waals surface area contributed by atoms with Crippen LogP contribution in [0, 0.1) is 11.8 Å². The third-order valence-electron chi connectivity index (χ3n) is 3.23. The zero-order valence-corrected chi connectivity index (χ0v) is 12.5. The molecule has 1 aliphatic heterocycles. The van der Waals surface area contributed by atoms with Crippen LogP contribution in [0.15, 0.2) is 24.3 Å². The lowest BCUT2D eigenvalue weighted by molar-refractivity contribution is 0.262. The van der Waals surface area contributed by atoms with E-state index in [9.17, 15) is 0 Å². The van der Waals surface area contributed by atoms with E-state index < -0.39 is 0 Å². The highest BCUT2D eigenvalue weighted by Crippen LogP contribution is 2.26. The molecule has 0 amide bonds. The van der Waals surface area contributed by atoms with E-state index >= 15 is 0 Å². The van der Waals surface area contributed by atoms with Gasteiger partial charge in [0.25, 0.3) is 0 Å². The van der Waals surface area contributed by atoms with Gasteiger partial charge in [-0.05, 0) is 11.6 Å². The van der Waals surface area contributed by atoms with Gasteiger partial charge in [0, 0.05) is 35.7 Å². The Kier molecular flexibility index (Phi) is 5.33. The van der Waals surface area contributed by atoms with Crippen LogP contribution in [0.3, 0.4) is 0 Å². The molecule has 0 aromatic heterocycles. The SMILES string of the molecule is CC1CN(Cc2ccccc2C#CCN)CC(C)S1. The molecular formula is C16H22N2S. The Morgan fingerprint density at radius 2 is 1.95 bits per heavy atom. The highest BCUT2D eigenvalue weighted by molar-refractivity contribution is 8.00. The van der Waals surface area contributed by atoms with Crippen molar-refractivity contribution in [1.82, 2.24) is 4.90 Å². The number of benzene rings is 1. The molecule has 2 N–H and O–H groups in total. The van der Waals surface area contributed by atoms with E-state index in [0.717, 1.165) is 25.2 Å². The maximum absolute atomic E-state index is 5.46. The first-order valence-electron chi connectivity index (χ1n) is 6.83. The first-order chi connectivity index (χ1) is 9.19. The standard InChI is InChI=1S/C16H22N2S/c1-13-10-18(11-14(2)19-13)12-16-7-4-3-6-15(16)8-5-9-17/h3-4,6-7,13-14H,9-12,17H2,1-2H3. The van der Waals surface area contributed by atoms with Gasteiger partial charge in [0.05, 0.1) is 6.54 Å². The molecule has 1 saturated heterocycles. The summed E-state index contributed by atoms with van der Waals surface area (Å²) in [6.07, 6.45) is 0. The molecule has 19 heavy (non-hydrogen) atoms. The molecule has 0 bridgehead atoms. The Labute approximate surface area is 120 Å². The number of nitrogens with two attached hydrogens (primary N) is 1. The highest BCUT2D eigenvalue weighted by atomic mass is 32.2. The fourth-order valence-electron chi connectivity index (χ4n) is 2.58. The molecule has 1 fully saturated rings. The van der Waals surface area contributed by atoms with Crippen LogP contribution < -0.4 is 5.73 Å². The summed E-state index contributed by atoms with van der Waals surface area (Å²) in [5.74, 6) is 6.13. The summed E-state index contributed by atoms with van der Waals surface area (Å²) in [4.78, 5) is 2.54. The van der Waals surface area contributed by atoms with Crippen LogP contribution in [-0.2, 0) is 6.54 Å². The lowest BCUT2D eigenvalue weighted by atomic mass is 10.1. The highest BCUT2D eigenvalue weighted by Gasteiger charge is 2.22. The van der Waals surface area contributed by atoms with E-state index in [1.165, 1.54) is 5.56 Å². The minimum atomic E-state index is 0.419. The smallest absolute Gasteiger partial charge is 0.0555 e. The van der Waals surface area contributed by atoms with Crippen molar-refractivity contribution in [3.8, 4) is 11.8 Å². The van der Waals surface area contributed by atoms with Crippen LogP contribution in [0.2, 0.25) is 0 Å².